The summed E-state index contributed by atoms with van der Waals surface area (Å²) in [7, 11) is -1.20. The van der Waals surface area contributed by atoms with Crippen molar-refractivity contribution >= 4 is 15.8 Å². The van der Waals surface area contributed by atoms with Crippen LogP contribution in [0.5, 0.6) is 0 Å². The fraction of sp³-hybridized carbons (Fsp3) is 0.611. The van der Waals surface area contributed by atoms with E-state index in [0.717, 1.165) is 23.0 Å². The summed E-state index contributed by atoms with van der Waals surface area (Å²) in [6.07, 6.45) is 6.20. The van der Waals surface area contributed by atoms with Crippen molar-refractivity contribution in [2.24, 2.45) is 10.9 Å². The van der Waals surface area contributed by atoms with E-state index in [4.69, 9.17) is 0 Å². The predicted octanol–water partition coefficient (Wildman–Crippen LogP) is 2.47. The average molecular weight is 352 g/mol. The molecule has 0 aliphatic heterocycles. The van der Waals surface area contributed by atoms with Crippen molar-refractivity contribution in [1.29, 1.82) is 0 Å². The van der Waals surface area contributed by atoms with Gasteiger partial charge in [0, 0.05) is 25.9 Å². The zero-order valence-corrected chi connectivity index (χ0v) is 15.7. The largest absolute Gasteiger partial charge is 0.354 e. The molecule has 1 aromatic carbocycles. The summed E-state index contributed by atoms with van der Waals surface area (Å²) < 4.78 is 22.6. The topological polar surface area (TPSA) is 70.6 Å². The highest BCUT2D eigenvalue weighted by atomic mass is 32.2. The monoisotopic (exact) mass is 351 g/mol. The van der Waals surface area contributed by atoms with Crippen LogP contribution in [-0.2, 0) is 22.1 Å². The van der Waals surface area contributed by atoms with Crippen molar-refractivity contribution in [2.45, 2.75) is 50.9 Å². The number of rotatable bonds is 5. The molecule has 0 spiro atoms. The summed E-state index contributed by atoms with van der Waals surface area (Å²) >= 11 is 0. The Balaban J connectivity index is 1.82. The van der Waals surface area contributed by atoms with Crippen LogP contribution in [0.25, 0.3) is 0 Å². The third-order valence-corrected chi connectivity index (χ3v) is 5.35. The summed E-state index contributed by atoms with van der Waals surface area (Å²) in [6, 6.07) is 8.17. The molecule has 0 bridgehead atoms. The maximum Gasteiger partial charge on any atom is 0.191 e. The minimum Gasteiger partial charge on any atom is -0.354 e. The summed E-state index contributed by atoms with van der Waals surface area (Å²) in [5, 5.41) is 6.83. The Morgan fingerprint density at radius 2 is 1.71 bits per heavy atom. The SMILES string of the molecule is CN=C(NCc1ccc(CS(C)(=O)=O)cc1)NC1CCC(C)CC1. The number of sulfone groups is 1. The molecule has 1 fully saturated rings. The van der Waals surface area contributed by atoms with Gasteiger partial charge >= 0.3 is 0 Å². The molecule has 0 aromatic heterocycles. The molecule has 0 amide bonds. The van der Waals surface area contributed by atoms with E-state index in [0.29, 0.717) is 12.6 Å². The number of hydrogen-bond donors (Lipinski definition) is 2. The quantitative estimate of drug-likeness (QED) is 0.631. The molecule has 5 nitrogen and oxygen atoms in total. The molecule has 0 saturated heterocycles. The van der Waals surface area contributed by atoms with E-state index < -0.39 is 9.84 Å². The predicted molar refractivity (Wildman–Crippen MR) is 99.7 cm³/mol. The smallest absolute Gasteiger partial charge is 0.191 e. The molecule has 134 valence electrons. The first-order valence-electron chi connectivity index (χ1n) is 8.58. The number of nitrogens with one attached hydrogen (secondary N) is 2. The van der Waals surface area contributed by atoms with E-state index in [-0.39, 0.29) is 5.75 Å². The van der Waals surface area contributed by atoms with Gasteiger partial charge in [0.05, 0.1) is 5.75 Å². The van der Waals surface area contributed by atoms with Gasteiger partial charge in [0.15, 0.2) is 15.8 Å². The normalized spacial score (nSPS) is 22.2. The van der Waals surface area contributed by atoms with Gasteiger partial charge in [0.1, 0.15) is 0 Å². The van der Waals surface area contributed by atoms with Crippen molar-refractivity contribution in [3.63, 3.8) is 0 Å². The van der Waals surface area contributed by atoms with Crippen LogP contribution in [-0.4, -0.2) is 33.7 Å². The molecule has 0 radical (unpaired) electrons. The number of aliphatic imine (C=N–C) groups is 1. The molecule has 2 rings (SSSR count). The van der Waals surface area contributed by atoms with E-state index >= 15 is 0 Å². The van der Waals surface area contributed by atoms with E-state index in [2.05, 4.69) is 22.5 Å². The molecule has 0 unspecified atom stereocenters. The van der Waals surface area contributed by atoms with Gasteiger partial charge in [-0.1, -0.05) is 31.2 Å². The fourth-order valence-electron chi connectivity index (χ4n) is 3.03. The molecule has 1 aliphatic rings. The summed E-state index contributed by atoms with van der Waals surface area (Å²) in [5.41, 5.74) is 1.92. The standard InChI is InChI=1S/C18H29N3O2S/c1-14-4-10-17(11-5-14)21-18(19-2)20-12-15-6-8-16(9-7-15)13-24(3,22)23/h6-9,14,17H,4-5,10-13H2,1-3H3,(H2,19,20,21). The second-order valence-corrected chi connectivity index (χ2v) is 9.05. The minimum atomic E-state index is -2.98. The van der Waals surface area contributed by atoms with Crippen LogP contribution in [0.4, 0.5) is 0 Å². The van der Waals surface area contributed by atoms with Crippen LogP contribution in [0.3, 0.4) is 0 Å². The van der Waals surface area contributed by atoms with Gasteiger partial charge < -0.3 is 10.6 Å². The number of guanidine groups is 1. The van der Waals surface area contributed by atoms with Gasteiger partial charge in [-0.25, -0.2) is 8.42 Å². The third kappa shape index (κ3) is 6.51. The Labute approximate surface area is 145 Å². The van der Waals surface area contributed by atoms with Crippen LogP contribution in [0.15, 0.2) is 29.3 Å². The minimum absolute atomic E-state index is 0.0873. The van der Waals surface area contributed by atoms with Crippen molar-refractivity contribution in [1.82, 2.24) is 10.6 Å². The zero-order chi connectivity index (χ0) is 17.6. The Kier molecular flexibility index (Phi) is 6.66. The van der Waals surface area contributed by atoms with Crippen LogP contribution >= 0.6 is 0 Å². The Morgan fingerprint density at radius 1 is 1.12 bits per heavy atom. The maximum atomic E-state index is 11.3. The van der Waals surface area contributed by atoms with Crippen LogP contribution < -0.4 is 10.6 Å². The van der Waals surface area contributed by atoms with Crippen LogP contribution in [0.2, 0.25) is 0 Å². The molecule has 1 saturated carbocycles. The molecular formula is C18H29N3O2S. The van der Waals surface area contributed by atoms with E-state index in [1.54, 1.807) is 7.05 Å². The number of hydrogen-bond acceptors (Lipinski definition) is 3. The van der Waals surface area contributed by atoms with E-state index in [1.807, 2.05) is 24.3 Å². The first kappa shape index (κ1) is 18.8. The van der Waals surface area contributed by atoms with Crippen molar-refractivity contribution in [3.05, 3.63) is 35.4 Å². The molecule has 0 atom stereocenters. The molecule has 24 heavy (non-hydrogen) atoms. The van der Waals surface area contributed by atoms with Gasteiger partial charge in [0.2, 0.25) is 0 Å². The highest BCUT2D eigenvalue weighted by molar-refractivity contribution is 7.89. The zero-order valence-electron chi connectivity index (χ0n) is 14.9. The average Bonchev–Trinajstić information content (AvgIpc) is 2.53. The molecule has 0 heterocycles. The lowest BCUT2D eigenvalue weighted by Crippen LogP contribution is -2.44. The highest BCUT2D eigenvalue weighted by Gasteiger charge is 2.18. The van der Waals surface area contributed by atoms with E-state index in [9.17, 15) is 8.42 Å². The maximum absolute atomic E-state index is 11.3. The van der Waals surface area contributed by atoms with Gasteiger partial charge in [-0.15, -0.1) is 0 Å². The Bertz CT molecular complexity index is 645. The second kappa shape index (κ2) is 8.51. The van der Waals surface area contributed by atoms with Gasteiger partial charge in [-0.3, -0.25) is 4.99 Å². The fourth-order valence-corrected chi connectivity index (χ4v) is 3.83. The molecular weight excluding hydrogens is 322 g/mol. The van der Waals surface area contributed by atoms with Gasteiger partial charge in [-0.2, -0.15) is 0 Å². The van der Waals surface area contributed by atoms with Gasteiger partial charge in [-0.05, 0) is 42.7 Å². The first-order valence-corrected chi connectivity index (χ1v) is 10.6. The lowest BCUT2D eigenvalue weighted by Gasteiger charge is -2.28. The van der Waals surface area contributed by atoms with Gasteiger partial charge in [0.25, 0.3) is 0 Å². The van der Waals surface area contributed by atoms with E-state index in [1.165, 1.54) is 31.9 Å². The number of benzene rings is 1. The first-order chi connectivity index (χ1) is 11.4. The lowest BCUT2D eigenvalue weighted by atomic mass is 9.87. The number of nitrogens with zero attached hydrogens (tertiary/aromatic N) is 1. The lowest BCUT2D eigenvalue weighted by molar-refractivity contribution is 0.329. The third-order valence-electron chi connectivity index (χ3n) is 4.49. The summed E-state index contributed by atoms with van der Waals surface area (Å²) in [4.78, 5) is 4.30. The van der Waals surface area contributed by atoms with Crippen molar-refractivity contribution in [2.75, 3.05) is 13.3 Å². The van der Waals surface area contributed by atoms with Crippen molar-refractivity contribution in [3.8, 4) is 0 Å². The molecule has 1 aliphatic carbocycles. The highest BCUT2D eigenvalue weighted by Crippen LogP contribution is 2.23. The molecule has 2 N–H and O–H groups in total. The molecule has 6 heteroatoms. The summed E-state index contributed by atoms with van der Waals surface area (Å²) in [5.74, 6) is 1.75. The molecule has 1 aromatic rings. The Morgan fingerprint density at radius 3 is 2.25 bits per heavy atom. The van der Waals surface area contributed by atoms with Crippen LogP contribution in [0, 0.1) is 5.92 Å². The van der Waals surface area contributed by atoms with Crippen molar-refractivity contribution < 1.29 is 8.42 Å². The van der Waals surface area contributed by atoms with Crippen LogP contribution in [0.1, 0.15) is 43.7 Å². The summed E-state index contributed by atoms with van der Waals surface area (Å²) in [6.45, 7) is 2.98. The second-order valence-electron chi connectivity index (χ2n) is 6.91. The Hall–Kier alpha value is -1.56.